The molecule has 4 heteroatoms. The van der Waals surface area contributed by atoms with E-state index in [0.717, 1.165) is 24.2 Å². The van der Waals surface area contributed by atoms with E-state index in [1.165, 1.54) is 11.1 Å². The quantitative estimate of drug-likeness (QED) is 0.910. The molecule has 2 aromatic rings. The summed E-state index contributed by atoms with van der Waals surface area (Å²) in [6, 6.07) is 15.9. The highest BCUT2D eigenvalue weighted by molar-refractivity contribution is 5.74. The molecule has 0 saturated carbocycles. The maximum Gasteiger partial charge on any atom is 0.315 e. The van der Waals surface area contributed by atoms with Gasteiger partial charge in [-0.2, -0.15) is 0 Å². The van der Waals surface area contributed by atoms with Gasteiger partial charge in [-0.15, -0.1) is 0 Å². The average molecular weight is 296 g/mol. The summed E-state index contributed by atoms with van der Waals surface area (Å²) in [7, 11) is 1.63. The molecule has 1 unspecified atom stereocenters. The van der Waals surface area contributed by atoms with E-state index in [-0.39, 0.29) is 12.1 Å². The molecular weight excluding hydrogens is 276 g/mol. The Labute approximate surface area is 130 Å². The molecule has 0 radical (unpaired) electrons. The van der Waals surface area contributed by atoms with Crippen LogP contribution in [-0.4, -0.2) is 13.1 Å². The fourth-order valence-electron chi connectivity index (χ4n) is 2.94. The Morgan fingerprint density at radius 3 is 2.82 bits per heavy atom. The zero-order valence-corrected chi connectivity index (χ0v) is 12.6. The van der Waals surface area contributed by atoms with Crippen molar-refractivity contribution < 1.29 is 9.53 Å². The highest BCUT2D eigenvalue weighted by atomic mass is 16.5. The second-order valence-electron chi connectivity index (χ2n) is 5.43. The normalized spacial score (nSPS) is 16.0. The summed E-state index contributed by atoms with van der Waals surface area (Å²) in [6.45, 7) is 0.449. The molecule has 2 N–H and O–H groups in total. The number of rotatable bonds is 4. The molecule has 0 aliphatic heterocycles. The number of methoxy groups -OCH3 is 1. The minimum absolute atomic E-state index is 0.105. The maximum absolute atomic E-state index is 12.1. The van der Waals surface area contributed by atoms with Crippen molar-refractivity contribution in [3.8, 4) is 5.75 Å². The molecule has 22 heavy (non-hydrogen) atoms. The number of amides is 2. The van der Waals surface area contributed by atoms with Crippen LogP contribution in [0.3, 0.4) is 0 Å². The first-order valence-corrected chi connectivity index (χ1v) is 7.52. The van der Waals surface area contributed by atoms with Crippen LogP contribution in [0.4, 0.5) is 4.79 Å². The molecule has 4 nitrogen and oxygen atoms in total. The van der Waals surface area contributed by atoms with Crippen LogP contribution >= 0.6 is 0 Å². The van der Waals surface area contributed by atoms with Crippen LogP contribution in [0.25, 0.3) is 0 Å². The van der Waals surface area contributed by atoms with Crippen molar-refractivity contribution in [2.75, 3.05) is 7.11 Å². The molecule has 0 fully saturated rings. The van der Waals surface area contributed by atoms with Crippen LogP contribution in [0.2, 0.25) is 0 Å². The van der Waals surface area contributed by atoms with Crippen molar-refractivity contribution in [2.45, 2.75) is 25.4 Å². The Morgan fingerprint density at radius 2 is 1.95 bits per heavy atom. The van der Waals surface area contributed by atoms with Gasteiger partial charge in [-0.25, -0.2) is 4.79 Å². The maximum atomic E-state index is 12.1. The predicted molar refractivity (Wildman–Crippen MR) is 85.9 cm³/mol. The van der Waals surface area contributed by atoms with Crippen LogP contribution in [0.1, 0.15) is 29.2 Å². The van der Waals surface area contributed by atoms with Crippen LogP contribution in [0.15, 0.2) is 48.5 Å². The van der Waals surface area contributed by atoms with E-state index in [1.807, 2.05) is 36.4 Å². The lowest BCUT2D eigenvalue weighted by Crippen LogP contribution is -2.37. The average Bonchev–Trinajstić information content (AvgIpc) is 2.96. The topological polar surface area (TPSA) is 50.4 Å². The zero-order valence-electron chi connectivity index (χ0n) is 12.6. The number of aryl methyl sites for hydroxylation is 1. The minimum atomic E-state index is -0.146. The monoisotopic (exact) mass is 296 g/mol. The molecule has 1 aliphatic carbocycles. The molecule has 2 aromatic carbocycles. The van der Waals surface area contributed by atoms with Crippen molar-refractivity contribution >= 4 is 6.03 Å². The highest BCUT2D eigenvalue weighted by Crippen LogP contribution is 2.30. The highest BCUT2D eigenvalue weighted by Gasteiger charge is 2.23. The second kappa shape index (κ2) is 6.52. The molecular formula is C18H20N2O2. The van der Waals surface area contributed by atoms with Gasteiger partial charge < -0.3 is 15.4 Å². The number of para-hydroxylation sites is 1. The van der Waals surface area contributed by atoms with Crippen molar-refractivity contribution in [3.05, 3.63) is 65.2 Å². The van der Waals surface area contributed by atoms with E-state index < -0.39 is 0 Å². The van der Waals surface area contributed by atoms with Gasteiger partial charge in [-0.3, -0.25) is 0 Å². The van der Waals surface area contributed by atoms with E-state index in [2.05, 4.69) is 22.8 Å². The van der Waals surface area contributed by atoms with Gasteiger partial charge in [0.15, 0.2) is 0 Å². The van der Waals surface area contributed by atoms with Gasteiger partial charge in [0, 0.05) is 12.1 Å². The molecule has 0 heterocycles. The molecule has 3 rings (SSSR count). The number of carbonyl (C=O) groups is 1. The van der Waals surface area contributed by atoms with Gasteiger partial charge in [0.1, 0.15) is 5.75 Å². The Kier molecular flexibility index (Phi) is 4.28. The lowest BCUT2D eigenvalue weighted by Gasteiger charge is -2.15. The van der Waals surface area contributed by atoms with E-state index in [1.54, 1.807) is 7.11 Å². The zero-order chi connectivity index (χ0) is 15.4. The molecule has 2 amide bonds. The Morgan fingerprint density at radius 1 is 1.18 bits per heavy atom. The van der Waals surface area contributed by atoms with Crippen molar-refractivity contribution in [1.29, 1.82) is 0 Å². The largest absolute Gasteiger partial charge is 0.496 e. The fraction of sp³-hybridized carbons (Fsp3) is 0.278. The molecule has 114 valence electrons. The first-order chi connectivity index (χ1) is 10.8. The Hall–Kier alpha value is -2.49. The first-order valence-electron chi connectivity index (χ1n) is 7.52. The van der Waals surface area contributed by atoms with Crippen LogP contribution < -0.4 is 15.4 Å². The third kappa shape index (κ3) is 3.06. The number of fused-ring (bicyclic) bond motifs is 1. The lowest BCUT2D eigenvalue weighted by atomic mass is 10.1. The van der Waals surface area contributed by atoms with Gasteiger partial charge >= 0.3 is 6.03 Å². The summed E-state index contributed by atoms with van der Waals surface area (Å²) in [4.78, 5) is 12.1. The van der Waals surface area contributed by atoms with Crippen molar-refractivity contribution in [2.24, 2.45) is 0 Å². The van der Waals surface area contributed by atoms with Crippen molar-refractivity contribution in [3.63, 3.8) is 0 Å². The number of carbonyl (C=O) groups excluding carboxylic acids is 1. The van der Waals surface area contributed by atoms with Crippen LogP contribution in [-0.2, 0) is 13.0 Å². The number of ether oxygens (including phenoxy) is 1. The third-order valence-electron chi connectivity index (χ3n) is 4.07. The van der Waals surface area contributed by atoms with E-state index >= 15 is 0 Å². The third-order valence-corrected chi connectivity index (χ3v) is 4.07. The first kappa shape index (κ1) is 14.4. The molecule has 0 bridgehead atoms. The number of hydrogen-bond donors (Lipinski definition) is 2. The summed E-state index contributed by atoms with van der Waals surface area (Å²) in [6.07, 6.45) is 1.98. The van der Waals surface area contributed by atoms with E-state index in [9.17, 15) is 4.79 Å². The standard InChI is InChI=1S/C18H20N2O2/c1-22-17-9-5-3-7-14(17)12-19-18(21)20-16-11-10-13-6-2-4-8-15(13)16/h2-9,16H,10-12H2,1H3,(H2,19,20,21). The van der Waals surface area contributed by atoms with E-state index in [0.29, 0.717) is 6.54 Å². The van der Waals surface area contributed by atoms with E-state index in [4.69, 9.17) is 4.74 Å². The van der Waals surface area contributed by atoms with Gasteiger partial charge in [0.05, 0.1) is 13.2 Å². The summed E-state index contributed by atoms with van der Waals surface area (Å²) in [5.74, 6) is 0.786. The second-order valence-corrected chi connectivity index (χ2v) is 5.43. The summed E-state index contributed by atoms with van der Waals surface area (Å²) < 4.78 is 5.29. The Balaban J connectivity index is 1.58. The molecule has 1 aliphatic rings. The predicted octanol–water partition coefficient (Wildman–Crippen LogP) is 3.18. The van der Waals surface area contributed by atoms with Crippen LogP contribution in [0.5, 0.6) is 5.75 Å². The van der Waals surface area contributed by atoms with Crippen LogP contribution in [0, 0.1) is 0 Å². The summed E-state index contributed by atoms with van der Waals surface area (Å²) in [5, 5.41) is 5.95. The van der Waals surface area contributed by atoms with Crippen molar-refractivity contribution in [1.82, 2.24) is 10.6 Å². The van der Waals surface area contributed by atoms with Gasteiger partial charge in [0.25, 0.3) is 0 Å². The number of urea groups is 1. The Bertz CT molecular complexity index is 670. The summed E-state index contributed by atoms with van der Waals surface area (Å²) >= 11 is 0. The minimum Gasteiger partial charge on any atom is -0.496 e. The smallest absolute Gasteiger partial charge is 0.315 e. The fourth-order valence-corrected chi connectivity index (χ4v) is 2.94. The number of benzene rings is 2. The van der Waals surface area contributed by atoms with Gasteiger partial charge in [0.2, 0.25) is 0 Å². The molecule has 0 aromatic heterocycles. The SMILES string of the molecule is COc1ccccc1CNC(=O)NC1CCc2ccccc21. The summed E-state index contributed by atoms with van der Waals surface area (Å²) in [5.41, 5.74) is 3.53. The number of hydrogen-bond acceptors (Lipinski definition) is 2. The molecule has 1 atom stereocenters. The van der Waals surface area contributed by atoms with Gasteiger partial charge in [-0.1, -0.05) is 42.5 Å². The lowest BCUT2D eigenvalue weighted by molar-refractivity contribution is 0.236. The number of nitrogens with one attached hydrogen (secondary N) is 2. The van der Waals surface area contributed by atoms with Gasteiger partial charge in [-0.05, 0) is 30.0 Å². The molecule has 0 spiro atoms. The molecule has 0 saturated heterocycles.